The van der Waals surface area contributed by atoms with Crippen LogP contribution in [0.25, 0.3) is 10.1 Å². The molecule has 0 bridgehead atoms. The normalized spacial score (nSPS) is 10.8. The van der Waals surface area contributed by atoms with E-state index in [-0.39, 0.29) is 5.02 Å². The van der Waals surface area contributed by atoms with E-state index in [1.54, 1.807) is 37.4 Å². The number of rotatable bonds is 5. The van der Waals surface area contributed by atoms with Crippen molar-refractivity contribution in [2.24, 2.45) is 0 Å². The van der Waals surface area contributed by atoms with Gasteiger partial charge in [0.05, 0.1) is 17.2 Å². The summed E-state index contributed by atoms with van der Waals surface area (Å²) in [6, 6.07) is 15.7. The summed E-state index contributed by atoms with van der Waals surface area (Å²) < 4.78 is 19.3. The number of halogens is 3. The van der Waals surface area contributed by atoms with Gasteiger partial charge in [0.1, 0.15) is 16.4 Å². The zero-order valence-electron chi connectivity index (χ0n) is 16.5. The van der Waals surface area contributed by atoms with Crippen LogP contribution in [0, 0.1) is 5.82 Å². The first-order valence-electron chi connectivity index (χ1n) is 9.29. The fourth-order valence-corrected chi connectivity index (χ4v) is 4.64. The van der Waals surface area contributed by atoms with E-state index in [1.807, 2.05) is 6.07 Å². The molecular weight excluding hydrogens is 474 g/mol. The lowest BCUT2D eigenvalue weighted by molar-refractivity contribution is 0.101. The molecular formula is C23H15Cl2FN2O3S. The van der Waals surface area contributed by atoms with Crippen LogP contribution in [0.1, 0.15) is 20.0 Å². The maximum atomic E-state index is 13.3. The fourth-order valence-electron chi connectivity index (χ4n) is 3.02. The van der Waals surface area contributed by atoms with Crippen molar-refractivity contribution in [3.63, 3.8) is 0 Å². The van der Waals surface area contributed by atoms with Gasteiger partial charge in [0.25, 0.3) is 11.8 Å². The van der Waals surface area contributed by atoms with Crippen molar-refractivity contribution in [1.29, 1.82) is 0 Å². The lowest BCUT2D eigenvalue weighted by Crippen LogP contribution is -2.14. The van der Waals surface area contributed by atoms with Crippen LogP contribution in [-0.2, 0) is 0 Å². The Labute approximate surface area is 196 Å². The molecule has 2 amide bonds. The van der Waals surface area contributed by atoms with Crippen molar-refractivity contribution in [3.8, 4) is 5.75 Å². The van der Waals surface area contributed by atoms with E-state index in [4.69, 9.17) is 27.9 Å². The van der Waals surface area contributed by atoms with Crippen molar-refractivity contribution >= 4 is 67.8 Å². The molecule has 0 saturated carbocycles. The zero-order chi connectivity index (χ0) is 22.8. The van der Waals surface area contributed by atoms with Crippen molar-refractivity contribution in [2.45, 2.75) is 0 Å². The van der Waals surface area contributed by atoms with Crippen LogP contribution in [-0.4, -0.2) is 18.9 Å². The van der Waals surface area contributed by atoms with Gasteiger partial charge in [-0.2, -0.15) is 0 Å². The number of hydrogen-bond acceptors (Lipinski definition) is 4. The summed E-state index contributed by atoms with van der Waals surface area (Å²) in [7, 11) is 1.57. The first kappa shape index (κ1) is 22.1. The molecule has 0 unspecified atom stereocenters. The number of benzene rings is 3. The van der Waals surface area contributed by atoms with Gasteiger partial charge in [-0.1, -0.05) is 29.3 Å². The molecule has 1 aromatic heterocycles. The summed E-state index contributed by atoms with van der Waals surface area (Å²) >= 11 is 13.4. The van der Waals surface area contributed by atoms with E-state index in [9.17, 15) is 14.0 Å². The van der Waals surface area contributed by atoms with Crippen LogP contribution in [0.4, 0.5) is 15.8 Å². The van der Waals surface area contributed by atoms with E-state index in [0.717, 1.165) is 10.1 Å². The molecule has 4 rings (SSSR count). The molecule has 0 saturated heterocycles. The quantitative estimate of drug-likeness (QED) is 0.322. The van der Waals surface area contributed by atoms with Crippen LogP contribution in [0.15, 0.2) is 60.7 Å². The molecule has 0 aliphatic carbocycles. The highest BCUT2D eigenvalue weighted by Gasteiger charge is 2.18. The molecule has 32 heavy (non-hydrogen) atoms. The molecule has 0 aliphatic rings. The summed E-state index contributed by atoms with van der Waals surface area (Å²) in [5, 5.41) is 6.43. The second-order valence-corrected chi connectivity index (χ2v) is 8.56. The number of nitrogens with one attached hydrogen (secondary N) is 2. The topological polar surface area (TPSA) is 67.4 Å². The van der Waals surface area contributed by atoms with Crippen molar-refractivity contribution in [3.05, 3.63) is 87.0 Å². The molecule has 0 fully saturated rings. The van der Waals surface area contributed by atoms with Gasteiger partial charge in [0.15, 0.2) is 0 Å². The Morgan fingerprint density at radius 1 is 0.938 bits per heavy atom. The predicted molar refractivity (Wildman–Crippen MR) is 127 cm³/mol. The summed E-state index contributed by atoms with van der Waals surface area (Å²) in [5.74, 6) is -0.731. The van der Waals surface area contributed by atoms with Crippen LogP contribution in [0.2, 0.25) is 10.0 Å². The van der Waals surface area contributed by atoms with Gasteiger partial charge in [-0.15, -0.1) is 11.3 Å². The molecule has 1 heterocycles. The third-order valence-corrected chi connectivity index (χ3v) is 6.55. The maximum Gasteiger partial charge on any atom is 0.267 e. The first-order valence-corrected chi connectivity index (χ1v) is 10.9. The largest absolute Gasteiger partial charge is 0.497 e. The molecule has 0 aliphatic heterocycles. The van der Waals surface area contributed by atoms with E-state index < -0.39 is 17.6 Å². The first-order chi connectivity index (χ1) is 15.4. The van der Waals surface area contributed by atoms with E-state index in [0.29, 0.717) is 32.6 Å². The molecule has 0 radical (unpaired) electrons. The lowest BCUT2D eigenvalue weighted by atomic mass is 10.1. The molecule has 3 aromatic carbocycles. The molecule has 2 N–H and O–H groups in total. The molecule has 5 nitrogen and oxygen atoms in total. The minimum Gasteiger partial charge on any atom is -0.497 e. The number of amides is 2. The third-order valence-electron chi connectivity index (χ3n) is 4.60. The lowest BCUT2D eigenvalue weighted by Gasteiger charge is -2.09. The second-order valence-electron chi connectivity index (χ2n) is 6.73. The van der Waals surface area contributed by atoms with E-state index in [1.165, 1.54) is 35.6 Å². The second kappa shape index (κ2) is 9.16. The van der Waals surface area contributed by atoms with Gasteiger partial charge in [-0.25, -0.2) is 4.39 Å². The maximum absolute atomic E-state index is 13.3. The molecule has 9 heteroatoms. The van der Waals surface area contributed by atoms with Gasteiger partial charge in [0, 0.05) is 27.0 Å². The number of carbonyl (C=O) groups is 2. The highest BCUT2D eigenvalue weighted by atomic mass is 35.5. The Morgan fingerprint density at radius 2 is 1.69 bits per heavy atom. The third kappa shape index (κ3) is 4.55. The standard InChI is InChI=1S/C23H15Cl2FN2O3S/c1-31-15-6-7-16-19(11-15)32-21(20(16)25)23(30)28-13-4-2-3-12(9-13)22(29)27-14-5-8-18(26)17(24)10-14/h2-11H,1H3,(H,27,29)(H,28,30). The zero-order valence-corrected chi connectivity index (χ0v) is 18.9. The summed E-state index contributed by atoms with van der Waals surface area (Å²) in [6.07, 6.45) is 0. The van der Waals surface area contributed by atoms with Gasteiger partial charge in [-0.3, -0.25) is 9.59 Å². The smallest absolute Gasteiger partial charge is 0.267 e. The average molecular weight is 489 g/mol. The highest BCUT2D eigenvalue weighted by molar-refractivity contribution is 7.21. The van der Waals surface area contributed by atoms with E-state index >= 15 is 0 Å². The number of ether oxygens (including phenoxy) is 1. The Balaban J connectivity index is 1.53. The summed E-state index contributed by atoms with van der Waals surface area (Å²) in [4.78, 5) is 25.7. The average Bonchev–Trinajstić information content (AvgIpc) is 3.12. The van der Waals surface area contributed by atoms with Crippen LogP contribution < -0.4 is 15.4 Å². The molecule has 0 spiro atoms. The molecule has 4 aromatic rings. The number of thiophene rings is 1. The van der Waals surface area contributed by atoms with E-state index in [2.05, 4.69) is 10.6 Å². The number of fused-ring (bicyclic) bond motifs is 1. The Kier molecular flexibility index (Phi) is 6.32. The fraction of sp³-hybridized carbons (Fsp3) is 0.0435. The Morgan fingerprint density at radius 3 is 2.44 bits per heavy atom. The number of anilines is 2. The molecule has 162 valence electrons. The van der Waals surface area contributed by atoms with Crippen molar-refractivity contribution in [1.82, 2.24) is 0 Å². The van der Waals surface area contributed by atoms with Crippen molar-refractivity contribution in [2.75, 3.05) is 17.7 Å². The van der Waals surface area contributed by atoms with Crippen LogP contribution in [0.3, 0.4) is 0 Å². The summed E-state index contributed by atoms with van der Waals surface area (Å²) in [6.45, 7) is 0. The SMILES string of the molecule is COc1ccc2c(Cl)c(C(=O)Nc3cccc(C(=O)Nc4ccc(F)c(Cl)c4)c3)sc2c1. The van der Waals surface area contributed by atoms with Gasteiger partial charge >= 0.3 is 0 Å². The number of carbonyl (C=O) groups excluding carboxylic acids is 2. The molecule has 0 atom stereocenters. The minimum absolute atomic E-state index is 0.0957. The van der Waals surface area contributed by atoms with Gasteiger partial charge in [-0.05, 0) is 54.6 Å². The van der Waals surface area contributed by atoms with Crippen LogP contribution in [0.5, 0.6) is 5.75 Å². The Hall–Kier alpha value is -3.13. The predicted octanol–water partition coefficient (Wildman–Crippen LogP) is 6.86. The Bertz CT molecular complexity index is 1360. The van der Waals surface area contributed by atoms with Crippen LogP contribution >= 0.6 is 34.5 Å². The number of methoxy groups -OCH3 is 1. The van der Waals surface area contributed by atoms with Gasteiger partial charge < -0.3 is 15.4 Å². The summed E-state index contributed by atoms with van der Waals surface area (Å²) in [5.41, 5.74) is 1.07. The monoisotopic (exact) mass is 488 g/mol. The van der Waals surface area contributed by atoms with Gasteiger partial charge in [0.2, 0.25) is 0 Å². The van der Waals surface area contributed by atoms with Crippen molar-refractivity contribution < 1.29 is 18.7 Å². The number of hydrogen-bond donors (Lipinski definition) is 2. The minimum atomic E-state index is -0.576. The highest BCUT2D eigenvalue weighted by Crippen LogP contribution is 2.37.